The van der Waals surface area contributed by atoms with Crippen LogP contribution in [0.15, 0.2) is 28.7 Å². The van der Waals surface area contributed by atoms with E-state index in [0.717, 1.165) is 10.0 Å². The van der Waals surface area contributed by atoms with E-state index in [9.17, 15) is 4.79 Å². The Labute approximate surface area is 131 Å². The maximum absolute atomic E-state index is 11.8. The Balaban J connectivity index is 2.35. The quantitative estimate of drug-likeness (QED) is 0.807. The van der Waals surface area contributed by atoms with Crippen LogP contribution in [-0.2, 0) is 11.3 Å². The largest absolute Gasteiger partial charge is 0.465 e. The molecule has 2 aromatic rings. The number of halogens is 1. The molecule has 3 N–H and O–H groups in total. The second-order valence-electron chi connectivity index (χ2n) is 4.41. The van der Waals surface area contributed by atoms with E-state index in [1.807, 2.05) is 31.2 Å². The Morgan fingerprint density at radius 3 is 2.67 bits per heavy atom. The van der Waals surface area contributed by atoms with Crippen LogP contribution in [0, 0.1) is 0 Å². The maximum Gasteiger partial charge on any atom is 0.345 e. The van der Waals surface area contributed by atoms with Gasteiger partial charge in [0.05, 0.1) is 13.7 Å². The molecule has 2 rings (SSSR count). The van der Waals surface area contributed by atoms with Crippen molar-refractivity contribution in [2.24, 2.45) is 0 Å². The highest BCUT2D eigenvalue weighted by Gasteiger charge is 2.22. The van der Waals surface area contributed by atoms with Crippen molar-refractivity contribution in [3.63, 3.8) is 0 Å². The zero-order chi connectivity index (χ0) is 15.4. The predicted octanol–water partition coefficient (Wildman–Crippen LogP) is 2.49. The maximum atomic E-state index is 11.8. The summed E-state index contributed by atoms with van der Waals surface area (Å²) in [6, 6.07) is 7.83. The summed E-state index contributed by atoms with van der Waals surface area (Å²) in [5.41, 5.74) is 7.35. The first-order chi connectivity index (χ1) is 10.1. The van der Waals surface area contributed by atoms with Crippen molar-refractivity contribution in [1.82, 2.24) is 9.78 Å². The lowest BCUT2D eigenvalue weighted by molar-refractivity contribution is 0.0603. The third-order valence-corrected chi connectivity index (χ3v) is 3.50. The van der Waals surface area contributed by atoms with Crippen molar-refractivity contribution in [2.45, 2.75) is 13.5 Å². The number of carbonyl (C=O) groups excluding carboxylic acids is 1. The fraction of sp³-hybridized carbons (Fsp3) is 0.286. The van der Waals surface area contributed by atoms with Crippen molar-refractivity contribution < 1.29 is 9.53 Å². The van der Waals surface area contributed by atoms with Gasteiger partial charge in [-0.1, -0.05) is 28.1 Å². The highest BCUT2D eigenvalue weighted by molar-refractivity contribution is 9.10. The second-order valence-corrected chi connectivity index (χ2v) is 5.33. The van der Waals surface area contributed by atoms with Gasteiger partial charge < -0.3 is 15.8 Å². The molecule has 0 fully saturated rings. The molecule has 0 unspecified atom stereocenters. The molecular formula is C14H17BrN4O2. The van der Waals surface area contributed by atoms with Crippen LogP contribution in [0.1, 0.15) is 22.8 Å². The Morgan fingerprint density at radius 2 is 2.10 bits per heavy atom. The number of rotatable bonds is 5. The fourth-order valence-electron chi connectivity index (χ4n) is 1.95. The molecule has 0 amide bonds. The summed E-state index contributed by atoms with van der Waals surface area (Å²) >= 11 is 3.39. The first-order valence-corrected chi connectivity index (χ1v) is 7.29. The van der Waals surface area contributed by atoms with Gasteiger partial charge in [-0.25, -0.2) is 9.48 Å². The first-order valence-electron chi connectivity index (χ1n) is 6.49. The molecule has 0 bridgehead atoms. The molecule has 1 aromatic heterocycles. The first kappa shape index (κ1) is 15.4. The van der Waals surface area contributed by atoms with Crippen molar-refractivity contribution in [3.8, 4) is 0 Å². The number of nitrogens with one attached hydrogen (secondary N) is 1. The minimum absolute atomic E-state index is 0.275. The molecule has 6 nitrogen and oxygen atoms in total. The van der Waals surface area contributed by atoms with Crippen molar-refractivity contribution in [1.29, 1.82) is 0 Å². The molecule has 0 atom stereocenters. The van der Waals surface area contributed by atoms with E-state index in [0.29, 0.717) is 24.7 Å². The van der Waals surface area contributed by atoms with Gasteiger partial charge in [-0.3, -0.25) is 0 Å². The van der Waals surface area contributed by atoms with E-state index < -0.39 is 5.97 Å². The average molecular weight is 353 g/mol. The smallest absolute Gasteiger partial charge is 0.345 e. The van der Waals surface area contributed by atoms with Gasteiger partial charge in [0.1, 0.15) is 11.4 Å². The fourth-order valence-corrected chi connectivity index (χ4v) is 2.22. The van der Waals surface area contributed by atoms with Gasteiger partial charge >= 0.3 is 5.97 Å². The van der Waals surface area contributed by atoms with E-state index in [1.54, 1.807) is 4.68 Å². The number of nitrogens with zero attached hydrogens (tertiary/aromatic N) is 2. The lowest BCUT2D eigenvalue weighted by atomic mass is 10.2. The van der Waals surface area contributed by atoms with Gasteiger partial charge in [0.2, 0.25) is 0 Å². The summed E-state index contributed by atoms with van der Waals surface area (Å²) in [6.07, 6.45) is 0. The van der Waals surface area contributed by atoms with Gasteiger partial charge in [0.15, 0.2) is 5.82 Å². The summed E-state index contributed by atoms with van der Waals surface area (Å²) in [5, 5.41) is 7.38. The van der Waals surface area contributed by atoms with E-state index in [4.69, 9.17) is 10.5 Å². The van der Waals surface area contributed by atoms with E-state index in [2.05, 4.69) is 26.3 Å². The van der Waals surface area contributed by atoms with Gasteiger partial charge in [0, 0.05) is 11.0 Å². The summed E-state index contributed by atoms with van der Waals surface area (Å²) in [5.74, 6) is 0.241. The number of hydrogen-bond acceptors (Lipinski definition) is 5. The summed E-state index contributed by atoms with van der Waals surface area (Å²) in [4.78, 5) is 11.8. The van der Waals surface area contributed by atoms with Crippen molar-refractivity contribution in [2.75, 3.05) is 24.7 Å². The van der Waals surface area contributed by atoms with E-state index in [1.165, 1.54) is 7.11 Å². The summed E-state index contributed by atoms with van der Waals surface area (Å²) in [6.45, 7) is 3.04. The monoisotopic (exact) mass is 352 g/mol. The van der Waals surface area contributed by atoms with E-state index in [-0.39, 0.29) is 5.56 Å². The van der Waals surface area contributed by atoms with Gasteiger partial charge in [0.25, 0.3) is 0 Å². The minimum Gasteiger partial charge on any atom is -0.465 e. The molecule has 1 aromatic carbocycles. The molecule has 0 spiro atoms. The second kappa shape index (κ2) is 6.62. The lowest BCUT2D eigenvalue weighted by Crippen LogP contribution is -2.10. The number of aromatic nitrogens is 2. The van der Waals surface area contributed by atoms with Crippen LogP contribution in [0.4, 0.5) is 11.6 Å². The summed E-state index contributed by atoms with van der Waals surface area (Å²) in [7, 11) is 1.32. The SMILES string of the molecule is CCNc1nn(Cc2ccc(Br)cc2)c(N)c1C(=O)OC. The number of hydrogen-bond donors (Lipinski definition) is 2. The van der Waals surface area contributed by atoms with Crippen LogP contribution in [0.5, 0.6) is 0 Å². The lowest BCUT2D eigenvalue weighted by Gasteiger charge is -2.05. The summed E-state index contributed by atoms with van der Waals surface area (Å²) < 4.78 is 7.36. The van der Waals surface area contributed by atoms with Crippen LogP contribution < -0.4 is 11.1 Å². The predicted molar refractivity (Wildman–Crippen MR) is 85.4 cm³/mol. The number of ether oxygens (including phenoxy) is 1. The molecule has 0 aliphatic heterocycles. The van der Waals surface area contributed by atoms with Crippen molar-refractivity contribution in [3.05, 3.63) is 39.9 Å². The normalized spacial score (nSPS) is 10.4. The topological polar surface area (TPSA) is 82.2 Å². The highest BCUT2D eigenvalue weighted by atomic mass is 79.9. The Kier molecular flexibility index (Phi) is 4.85. The van der Waals surface area contributed by atoms with Crippen molar-refractivity contribution >= 4 is 33.5 Å². The van der Waals surface area contributed by atoms with Gasteiger partial charge in [-0.2, -0.15) is 5.10 Å². The standard InChI is InChI=1S/C14H17BrN4O2/c1-3-17-13-11(14(20)21-2)12(16)19(18-13)8-9-4-6-10(15)7-5-9/h4-7H,3,8,16H2,1-2H3,(H,17,18). The Bertz CT molecular complexity index is 637. The number of benzene rings is 1. The zero-order valence-electron chi connectivity index (χ0n) is 11.9. The zero-order valence-corrected chi connectivity index (χ0v) is 13.5. The van der Waals surface area contributed by atoms with Gasteiger partial charge in [-0.15, -0.1) is 0 Å². The molecule has 0 radical (unpaired) electrons. The molecule has 0 saturated heterocycles. The van der Waals surface area contributed by atoms with Crippen LogP contribution in [0.2, 0.25) is 0 Å². The third-order valence-electron chi connectivity index (χ3n) is 2.97. The molecule has 21 heavy (non-hydrogen) atoms. The minimum atomic E-state index is -0.495. The number of anilines is 2. The highest BCUT2D eigenvalue weighted by Crippen LogP contribution is 2.23. The number of nitrogens with two attached hydrogens (primary N) is 1. The molecule has 112 valence electrons. The molecule has 0 aliphatic carbocycles. The third kappa shape index (κ3) is 3.36. The molecule has 0 saturated carbocycles. The molecule has 0 aliphatic rings. The van der Waals surface area contributed by atoms with Crippen LogP contribution in [0.3, 0.4) is 0 Å². The number of esters is 1. The van der Waals surface area contributed by atoms with Gasteiger partial charge in [-0.05, 0) is 24.6 Å². The Morgan fingerprint density at radius 1 is 1.43 bits per heavy atom. The average Bonchev–Trinajstić information content (AvgIpc) is 2.77. The van der Waals surface area contributed by atoms with E-state index >= 15 is 0 Å². The Hall–Kier alpha value is -2.02. The molecule has 7 heteroatoms. The van der Waals surface area contributed by atoms with Crippen LogP contribution in [0.25, 0.3) is 0 Å². The van der Waals surface area contributed by atoms with Crippen LogP contribution in [-0.4, -0.2) is 29.4 Å². The van der Waals surface area contributed by atoms with Crippen LogP contribution >= 0.6 is 15.9 Å². The number of methoxy groups -OCH3 is 1. The number of nitrogen functional groups attached to an aromatic ring is 1. The molecule has 1 heterocycles. The molecular weight excluding hydrogens is 336 g/mol. The number of carbonyl (C=O) groups is 1.